The molecule has 0 spiro atoms. The maximum absolute atomic E-state index is 12.1. The fraction of sp³-hybridized carbons (Fsp3) is 0.222. The van der Waals surface area contributed by atoms with Crippen LogP contribution >= 0.6 is 23.2 Å². The third kappa shape index (κ3) is 5.55. The summed E-state index contributed by atoms with van der Waals surface area (Å²) >= 11 is 11.9. The number of halogens is 2. The molecule has 0 aliphatic rings. The molecule has 1 atom stereocenters. The SMILES string of the molecule is C/C(Cc1ccccc1)=N/NC(=O)[C@H](C)Oc1ccc(Cl)cc1Cl. The Balaban J connectivity index is 1.90. The first-order chi connectivity index (χ1) is 11.5. The highest BCUT2D eigenvalue weighted by molar-refractivity contribution is 6.35. The van der Waals surface area contributed by atoms with Crippen LogP contribution in [-0.2, 0) is 11.2 Å². The van der Waals surface area contributed by atoms with Gasteiger partial charge in [0.25, 0.3) is 5.91 Å². The van der Waals surface area contributed by atoms with Crippen LogP contribution in [0.3, 0.4) is 0 Å². The lowest BCUT2D eigenvalue weighted by Crippen LogP contribution is -2.34. The van der Waals surface area contributed by atoms with Crippen molar-refractivity contribution in [2.24, 2.45) is 5.10 Å². The number of amides is 1. The highest BCUT2D eigenvalue weighted by Gasteiger charge is 2.16. The van der Waals surface area contributed by atoms with E-state index < -0.39 is 6.10 Å². The number of rotatable bonds is 6. The van der Waals surface area contributed by atoms with Gasteiger partial charge < -0.3 is 4.74 Å². The van der Waals surface area contributed by atoms with Crippen LogP contribution in [0.25, 0.3) is 0 Å². The third-order valence-electron chi connectivity index (χ3n) is 3.23. The molecule has 0 heterocycles. The molecule has 0 aromatic heterocycles. The van der Waals surface area contributed by atoms with Gasteiger partial charge in [-0.25, -0.2) is 5.43 Å². The van der Waals surface area contributed by atoms with Gasteiger partial charge in [-0.05, 0) is 37.6 Å². The first-order valence-electron chi connectivity index (χ1n) is 7.44. The van der Waals surface area contributed by atoms with Crippen LogP contribution < -0.4 is 10.2 Å². The second kappa shape index (κ2) is 8.71. The van der Waals surface area contributed by atoms with Crippen molar-refractivity contribution in [1.82, 2.24) is 5.43 Å². The lowest BCUT2D eigenvalue weighted by molar-refractivity contribution is -0.127. The van der Waals surface area contributed by atoms with Crippen LogP contribution in [-0.4, -0.2) is 17.7 Å². The molecule has 126 valence electrons. The maximum Gasteiger partial charge on any atom is 0.280 e. The van der Waals surface area contributed by atoms with Crippen LogP contribution in [0.1, 0.15) is 19.4 Å². The molecule has 2 rings (SSSR count). The Morgan fingerprint density at radius 2 is 1.92 bits per heavy atom. The number of hydrogen-bond acceptors (Lipinski definition) is 3. The molecule has 2 aromatic rings. The Hall–Kier alpha value is -2.04. The van der Waals surface area contributed by atoms with Gasteiger partial charge in [0.15, 0.2) is 6.10 Å². The average molecular weight is 365 g/mol. The molecule has 1 N–H and O–H groups in total. The van der Waals surface area contributed by atoms with E-state index in [0.29, 0.717) is 22.2 Å². The molecule has 0 saturated carbocycles. The molecule has 24 heavy (non-hydrogen) atoms. The van der Waals surface area contributed by atoms with Crippen molar-refractivity contribution in [2.75, 3.05) is 0 Å². The standard InChI is InChI=1S/C18H18Cl2N2O2/c1-12(10-14-6-4-3-5-7-14)21-22-18(23)13(2)24-17-9-8-15(19)11-16(17)20/h3-9,11,13H,10H2,1-2H3,(H,22,23)/b21-12-/t13-/m0/s1. The zero-order valence-corrected chi connectivity index (χ0v) is 14.9. The Morgan fingerprint density at radius 1 is 1.21 bits per heavy atom. The van der Waals surface area contributed by atoms with Gasteiger partial charge in [-0.2, -0.15) is 5.10 Å². The Morgan fingerprint density at radius 3 is 2.58 bits per heavy atom. The van der Waals surface area contributed by atoms with Crippen LogP contribution in [0.4, 0.5) is 0 Å². The van der Waals surface area contributed by atoms with Crippen molar-refractivity contribution < 1.29 is 9.53 Å². The number of carbonyl (C=O) groups excluding carboxylic acids is 1. The molecule has 4 nitrogen and oxygen atoms in total. The van der Waals surface area contributed by atoms with E-state index in [0.717, 1.165) is 11.3 Å². The van der Waals surface area contributed by atoms with E-state index in [2.05, 4.69) is 10.5 Å². The smallest absolute Gasteiger partial charge is 0.280 e. The van der Waals surface area contributed by atoms with Gasteiger partial charge in [-0.3, -0.25) is 4.79 Å². The van der Waals surface area contributed by atoms with Crippen molar-refractivity contribution in [2.45, 2.75) is 26.4 Å². The number of hydrazone groups is 1. The highest BCUT2D eigenvalue weighted by atomic mass is 35.5. The van der Waals surface area contributed by atoms with Crippen molar-refractivity contribution in [3.63, 3.8) is 0 Å². The van der Waals surface area contributed by atoms with Crippen LogP contribution in [0, 0.1) is 0 Å². The number of nitrogens with zero attached hydrogens (tertiary/aromatic N) is 1. The summed E-state index contributed by atoms with van der Waals surface area (Å²) in [4.78, 5) is 12.1. The normalized spacial score (nSPS) is 12.6. The number of benzene rings is 2. The van der Waals surface area contributed by atoms with Gasteiger partial charge in [0.2, 0.25) is 0 Å². The molecule has 1 amide bonds. The van der Waals surface area contributed by atoms with Gasteiger partial charge in [0, 0.05) is 17.2 Å². The molecule has 0 aliphatic heterocycles. The zero-order valence-electron chi connectivity index (χ0n) is 13.4. The zero-order chi connectivity index (χ0) is 17.5. The fourth-order valence-corrected chi connectivity index (χ4v) is 2.44. The summed E-state index contributed by atoms with van der Waals surface area (Å²) in [6, 6.07) is 14.7. The summed E-state index contributed by atoms with van der Waals surface area (Å²) < 4.78 is 5.54. The number of hydrogen-bond donors (Lipinski definition) is 1. The van der Waals surface area contributed by atoms with Crippen LogP contribution in [0.15, 0.2) is 53.6 Å². The summed E-state index contributed by atoms with van der Waals surface area (Å²) in [6.07, 6.45) is -0.0729. The van der Waals surface area contributed by atoms with E-state index in [1.54, 1.807) is 25.1 Å². The van der Waals surface area contributed by atoms with Crippen molar-refractivity contribution in [3.05, 3.63) is 64.1 Å². The summed E-state index contributed by atoms with van der Waals surface area (Å²) in [6.45, 7) is 3.48. The largest absolute Gasteiger partial charge is 0.479 e. The third-order valence-corrected chi connectivity index (χ3v) is 3.76. The lowest BCUT2D eigenvalue weighted by atomic mass is 10.1. The molecule has 0 bridgehead atoms. The van der Waals surface area contributed by atoms with Gasteiger partial charge in [-0.15, -0.1) is 0 Å². The van der Waals surface area contributed by atoms with Gasteiger partial charge >= 0.3 is 0 Å². The second-order valence-corrected chi connectivity index (χ2v) is 6.16. The van der Waals surface area contributed by atoms with E-state index in [1.165, 1.54) is 0 Å². The molecular formula is C18H18Cl2N2O2. The quantitative estimate of drug-likeness (QED) is 0.606. The van der Waals surface area contributed by atoms with Crippen molar-refractivity contribution in [1.29, 1.82) is 0 Å². The van der Waals surface area contributed by atoms with Gasteiger partial charge in [0.05, 0.1) is 5.02 Å². The predicted molar refractivity (Wildman–Crippen MR) is 97.9 cm³/mol. The number of carbonyl (C=O) groups is 1. The molecular weight excluding hydrogens is 347 g/mol. The van der Waals surface area contributed by atoms with E-state index in [9.17, 15) is 4.79 Å². The Bertz CT molecular complexity index is 733. The lowest BCUT2D eigenvalue weighted by Gasteiger charge is -2.14. The molecule has 6 heteroatoms. The summed E-state index contributed by atoms with van der Waals surface area (Å²) in [5, 5.41) is 4.96. The van der Waals surface area contributed by atoms with Gasteiger partial charge in [-0.1, -0.05) is 53.5 Å². The number of ether oxygens (including phenoxy) is 1. The monoisotopic (exact) mass is 364 g/mol. The Kier molecular flexibility index (Phi) is 6.64. The first kappa shape index (κ1) is 18.3. The van der Waals surface area contributed by atoms with E-state index in [1.807, 2.05) is 37.3 Å². The second-order valence-electron chi connectivity index (χ2n) is 5.32. The Labute approximate surface area is 151 Å². The van der Waals surface area contributed by atoms with E-state index >= 15 is 0 Å². The van der Waals surface area contributed by atoms with E-state index in [-0.39, 0.29) is 5.91 Å². The highest BCUT2D eigenvalue weighted by Crippen LogP contribution is 2.28. The summed E-state index contributed by atoms with van der Waals surface area (Å²) in [7, 11) is 0. The minimum absolute atomic E-state index is 0.353. The van der Waals surface area contributed by atoms with Crippen molar-refractivity contribution >= 4 is 34.8 Å². The van der Waals surface area contributed by atoms with Crippen LogP contribution in [0.2, 0.25) is 10.0 Å². The molecule has 0 unspecified atom stereocenters. The molecule has 2 aromatic carbocycles. The van der Waals surface area contributed by atoms with Crippen molar-refractivity contribution in [3.8, 4) is 5.75 Å². The first-order valence-corrected chi connectivity index (χ1v) is 8.20. The molecule has 0 aliphatic carbocycles. The minimum atomic E-state index is -0.739. The van der Waals surface area contributed by atoms with Crippen LogP contribution in [0.5, 0.6) is 5.75 Å². The van der Waals surface area contributed by atoms with Gasteiger partial charge in [0.1, 0.15) is 5.75 Å². The topological polar surface area (TPSA) is 50.7 Å². The fourth-order valence-electron chi connectivity index (χ4n) is 1.99. The summed E-state index contributed by atoms with van der Waals surface area (Å²) in [5.74, 6) is 0.0436. The molecule has 0 fully saturated rings. The van der Waals surface area contributed by atoms with E-state index in [4.69, 9.17) is 27.9 Å². The molecule has 0 saturated heterocycles. The summed E-state index contributed by atoms with van der Waals surface area (Å²) in [5.41, 5.74) is 4.44. The molecule has 0 radical (unpaired) electrons. The maximum atomic E-state index is 12.1. The minimum Gasteiger partial charge on any atom is -0.479 e. The number of nitrogens with one attached hydrogen (secondary N) is 1. The average Bonchev–Trinajstić information content (AvgIpc) is 2.56. The predicted octanol–water partition coefficient (Wildman–Crippen LogP) is 4.50.